The minimum atomic E-state index is -0.656. The van der Waals surface area contributed by atoms with E-state index in [0.717, 1.165) is 70.9 Å². The molecular formula is C31H37N7O3. The van der Waals surface area contributed by atoms with Crippen LogP contribution in [0.4, 0.5) is 4.79 Å². The van der Waals surface area contributed by atoms with Crippen LogP contribution in [0.2, 0.25) is 0 Å². The van der Waals surface area contributed by atoms with Crippen molar-refractivity contribution < 1.29 is 14.3 Å². The second-order valence-electron chi connectivity index (χ2n) is 11.3. The van der Waals surface area contributed by atoms with Crippen molar-refractivity contribution >= 4 is 23.0 Å². The SMILES string of the molecule is COC(=O)N[C@H](C(=O)N1CCC[C@H]1c1ncc(-c2ccc(-c3ccc4nc([C@@H]5CCCN5)[nH]c4c3)cc2)[nH]1)C(C)C. The van der Waals surface area contributed by atoms with Crippen molar-refractivity contribution in [2.24, 2.45) is 5.92 Å². The van der Waals surface area contributed by atoms with Gasteiger partial charge in [-0.3, -0.25) is 4.79 Å². The van der Waals surface area contributed by atoms with Gasteiger partial charge in [0, 0.05) is 6.54 Å². The Bertz CT molecular complexity index is 1530. The van der Waals surface area contributed by atoms with Gasteiger partial charge in [0.2, 0.25) is 5.91 Å². The number of alkyl carbamates (subject to hydrolysis) is 1. The van der Waals surface area contributed by atoms with Crippen molar-refractivity contribution in [2.45, 2.75) is 57.7 Å². The van der Waals surface area contributed by atoms with E-state index < -0.39 is 12.1 Å². The average molecular weight is 556 g/mol. The van der Waals surface area contributed by atoms with Gasteiger partial charge < -0.3 is 30.2 Å². The van der Waals surface area contributed by atoms with Gasteiger partial charge in [0.25, 0.3) is 0 Å². The molecule has 0 spiro atoms. The van der Waals surface area contributed by atoms with E-state index in [-0.39, 0.29) is 17.9 Å². The molecule has 3 atom stereocenters. The van der Waals surface area contributed by atoms with Gasteiger partial charge in [0.05, 0.1) is 42.1 Å². The molecule has 0 unspecified atom stereocenters. The Hall–Kier alpha value is -4.18. The predicted octanol–water partition coefficient (Wildman–Crippen LogP) is 5.09. The van der Waals surface area contributed by atoms with E-state index in [0.29, 0.717) is 12.6 Å². The van der Waals surface area contributed by atoms with E-state index >= 15 is 0 Å². The van der Waals surface area contributed by atoms with E-state index in [1.807, 2.05) is 24.9 Å². The number of carbonyl (C=O) groups is 2. The lowest BCUT2D eigenvalue weighted by Gasteiger charge is -2.30. The largest absolute Gasteiger partial charge is 0.453 e. The number of hydrogen-bond donors (Lipinski definition) is 4. The van der Waals surface area contributed by atoms with Crippen LogP contribution in [0.15, 0.2) is 48.7 Å². The first-order valence-electron chi connectivity index (χ1n) is 14.4. The van der Waals surface area contributed by atoms with Crippen LogP contribution >= 0.6 is 0 Å². The lowest BCUT2D eigenvalue weighted by molar-refractivity contribution is -0.135. The third kappa shape index (κ3) is 5.44. The Morgan fingerprint density at radius 3 is 2.51 bits per heavy atom. The maximum absolute atomic E-state index is 13.4. The molecule has 4 heterocycles. The summed E-state index contributed by atoms with van der Waals surface area (Å²) in [4.78, 5) is 43.5. The molecule has 4 aromatic rings. The number of ether oxygens (including phenoxy) is 1. The second-order valence-corrected chi connectivity index (χ2v) is 11.3. The molecule has 214 valence electrons. The molecule has 2 fully saturated rings. The normalized spacial score (nSPS) is 19.7. The van der Waals surface area contributed by atoms with Crippen LogP contribution in [0.5, 0.6) is 0 Å². The van der Waals surface area contributed by atoms with Crippen LogP contribution < -0.4 is 10.6 Å². The predicted molar refractivity (Wildman–Crippen MR) is 157 cm³/mol. The average Bonchev–Trinajstić information content (AvgIpc) is 3.80. The molecule has 10 heteroatoms. The Labute approximate surface area is 239 Å². The highest BCUT2D eigenvalue weighted by Crippen LogP contribution is 2.33. The van der Waals surface area contributed by atoms with Gasteiger partial charge in [0.15, 0.2) is 0 Å². The molecule has 0 aliphatic carbocycles. The zero-order chi connectivity index (χ0) is 28.5. The molecule has 0 bridgehead atoms. The Balaban J connectivity index is 1.17. The van der Waals surface area contributed by atoms with E-state index in [1.165, 1.54) is 13.5 Å². The lowest BCUT2D eigenvalue weighted by atomic mass is 10.0. The molecule has 6 rings (SSSR count). The highest BCUT2D eigenvalue weighted by Gasteiger charge is 2.37. The summed E-state index contributed by atoms with van der Waals surface area (Å²) in [6.07, 6.45) is 5.21. The molecule has 2 aromatic heterocycles. The lowest BCUT2D eigenvalue weighted by Crippen LogP contribution is -2.51. The molecule has 0 radical (unpaired) electrons. The summed E-state index contributed by atoms with van der Waals surface area (Å²) in [6, 6.07) is 14.3. The van der Waals surface area contributed by atoms with E-state index in [2.05, 4.69) is 68.1 Å². The summed E-state index contributed by atoms with van der Waals surface area (Å²) in [5.74, 6) is 1.58. The minimum absolute atomic E-state index is 0.0751. The highest BCUT2D eigenvalue weighted by molar-refractivity contribution is 5.86. The number of carbonyl (C=O) groups excluding carboxylic acids is 2. The number of nitrogens with zero attached hydrogens (tertiary/aromatic N) is 3. The van der Waals surface area contributed by atoms with Crippen molar-refractivity contribution in [1.82, 2.24) is 35.5 Å². The summed E-state index contributed by atoms with van der Waals surface area (Å²) in [6.45, 7) is 5.49. The summed E-state index contributed by atoms with van der Waals surface area (Å²) < 4.78 is 4.74. The van der Waals surface area contributed by atoms with E-state index in [1.54, 1.807) is 0 Å². The number of benzene rings is 2. The number of likely N-dealkylation sites (tertiary alicyclic amines) is 1. The molecule has 2 saturated heterocycles. The molecule has 4 N–H and O–H groups in total. The summed E-state index contributed by atoms with van der Waals surface area (Å²) in [5, 5.41) is 6.20. The molecule has 0 saturated carbocycles. The Kier molecular flexibility index (Phi) is 7.49. The molecule has 2 amide bonds. The van der Waals surface area contributed by atoms with Gasteiger partial charge in [-0.05, 0) is 67.0 Å². The van der Waals surface area contributed by atoms with Crippen LogP contribution in [0.3, 0.4) is 0 Å². The minimum Gasteiger partial charge on any atom is -0.453 e. The zero-order valence-corrected chi connectivity index (χ0v) is 23.7. The number of methoxy groups -OCH3 is 1. The maximum atomic E-state index is 13.4. The number of fused-ring (bicyclic) bond motifs is 1. The fraction of sp³-hybridized carbons (Fsp3) is 0.419. The molecule has 2 aromatic carbocycles. The van der Waals surface area contributed by atoms with Crippen LogP contribution in [-0.2, 0) is 9.53 Å². The first kappa shape index (κ1) is 27.0. The van der Waals surface area contributed by atoms with Crippen molar-refractivity contribution in [3.05, 3.63) is 60.3 Å². The first-order chi connectivity index (χ1) is 19.9. The Morgan fingerprint density at radius 2 is 1.78 bits per heavy atom. The topological polar surface area (TPSA) is 128 Å². The number of aromatic nitrogens is 4. The molecule has 10 nitrogen and oxygen atoms in total. The van der Waals surface area contributed by atoms with Crippen molar-refractivity contribution in [3.8, 4) is 22.4 Å². The summed E-state index contributed by atoms with van der Waals surface area (Å²) in [7, 11) is 1.30. The number of rotatable bonds is 7. The third-order valence-electron chi connectivity index (χ3n) is 8.26. The van der Waals surface area contributed by atoms with Crippen LogP contribution in [0.25, 0.3) is 33.4 Å². The number of nitrogens with one attached hydrogen (secondary N) is 4. The number of imidazole rings is 2. The van der Waals surface area contributed by atoms with Gasteiger partial charge in [-0.15, -0.1) is 0 Å². The van der Waals surface area contributed by atoms with Gasteiger partial charge in [0.1, 0.15) is 17.7 Å². The van der Waals surface area contributed by atoms with Crippen LogP contribution in [0, 0.1) is 5.92 Å². The zero-order valence-electron chi connectivity index (χ0n) is 23.7. The highest BCUT2D eigenvalue weighted by atomic mass is 16.5. The van der Waals surface area contributed by atoms with E-state index in [4.69, 9.17) is 9.72 Å². The molecule has 41 heavy (non-hydrogen) atoms. The summed E-state index contributed by atoms with van der Waals surface area (Å²) >= 11 is 0. The summed E-state index contributed by atoms with van der Waals surface area (Å²) in [5.41, 5.74) is 6.20. The number of H-pyrrole nitrogens is 2. The first-order valence-corrected chi connectivity index (χ1v) is 14.4. The van der Waals surface area contributed by atoms with Crippen molar-refractivity contribution in [1.29, 1.82) is 0 Å². The molecule has 2 aliphatic heterocycles. The van der Waals surface area contributed by atoms with Gasteiger partial charge in [-0.1, -0.05) is 44.2 Å². The maximum Gasteiger partial charge on any atom is 0.407 e. The fourth-order valence-electron chi connectivity index (χ4n) is 5.98. The van der Waals surface area contributed by atoms with Gasteiger partial charge >= 0.3 is 6.09 Å². The number of amides is 2. The monoisotopic (exact) mass is 555 g/mol. The van der Waals surface area contributed by atoms with Crippen LogP contribution in [0.1, 0.15) is 63.3 Å². The van der Waals surface area contributed by atoms with Gasteiger partial charge in [-0.2, -0.15) is 0 Å². The van der Waals surface area contributed by atoms with Crippen molar-refractivity contribution in [2.75, 3.05) is 20.2 Å². The smallest absolute Gasteiger partial charge is 0.407 e. The standard InChI is InChI=1S/C31H37N7O3/c1-18(2)27(37-31(40)41-3)30(39)38-15-5-7-26(38)29-33-17-25(36-29)20-10-8-19(9-11-20)21-12-13-22-24(16-21)35-28(34-22)23-6-4-14-32-23/h8-13,16-18,23,26-27,32H,4-7,14-15H2,1-3H3,(H,33,36)(H,34,35)(H,37,40)/t23-,26-,27-/m0/s1. The Morgan fingerprint density at radius 1 is 1.00 bits per heavy atom. The van der Waals surface area contributed by atoms with Crippen molar-refractivity contribution in [3.63, 3.8) is 0 Å². The molecule has 2 aliphatic rings. The van der Waals surface area contributed by atoms with Crippen LogP contribution in [-0.4, -0.2) is 63.1 Å². The second kappa shape index (κ2) is 11.4. The number of aromatic amines is 2. The fourth-order valence-corrected chi connectivity index (χ4v) is 5.98. The number of hydrogen-bond acceptors (Lipinski definition) is 6. The molecular weight excluding hydrogens is 518 g/mol. The van der Waals surface area contributed by atoms with Gasteiger partial charge in [-0.25, -0.2) is 14.8 Å². The van der Waals surface area contributed by atoms with E-state index in [9.17, 15) is 9.59 Å². The quantitative estimate of drug-likeness (QED) is 0.252. The third-order valence-corrected chi connectivity index (χ3v) is 8.26.